The van der Waals surface area contributed by atoms with E-state index in [9.17, 15) is 9.59 Å². The highest BCUT2D eigenvalue weighted by molar-refractivity contribution is 6.04. The fourth-order valence-electron chi connectivity index (χ4n) is 3.61. The van der Waals surface area contributed by atoms with E-state index in [1.54, 1.807) is 30.3 Å². The van der Waals surface area contributed by atoms with Crippen LogP contribution in [-0.2, 0) is 11.2 Å². The van der Waals surface area contributed by atoms with E-state index in [0.29, 0.717) is 11.3 Å². The molecule has 0 fully saturated rings. The normalized spacial score (nSPS) is 16.9. The second-order valence-electron chi connectivity index (χ2n) is 7.56. The summed E-state index contributed by atoms with van der Waals surface area (Å²) < 4.78 is 10.9. The summed E-state index contributed by atoms with van der Waals surface area (Å²) in [7, 11) is 0. The summed E-state index contributed by atoms with van der Waals surface area (Å²) in [6.07, 6.45) is 2.44. The van der Waals surface area contributed by atoms with Crippen LogP contribution in [0.4, 0.5) is 0 Å². The van der Waals surface area contributed by atoms with Crippen LogP contribution in [0.2, 0.25) is 0 Å². The van der Waals surface area contributed by atoms with Crippen LogP contribution in [0, 0.1) is 5.92 Å². The molecule has 1 atom stereocenters. The fourth-order valence-corrected chi connectivity index (χ4v) is 3.61. The van der Waals surface area contributed by atoms with E-state index < -0.39 is 6.04 Å². The van der Waals surface area contributed by atoms with Crippen LogP contribution in [-0.4, -0.2) is 31.1 Å². The molecule has 6 nitrogen and oxygen atoms in total. The predicted molar refractivity (Wildman–Crippen MR) is 110 cm³/mol. The van der Waals surface area contributed by atoms with Crippen molar-refractivity contribution >= 4 is 17.4 Å². The van der Waals surface area contributed by atoms with Gasteiger partial charge in [0.1, 0.15) is 0 Å². The molecule has 2 heterocycles. The largest absolute Gasteiger partial charge is 0.454 e. The van der Waals surface area contributed by atoms with Gasteiger partial charge in [-0.3, -0.25) is 9.59 Å². The Morgan fingerprint density at radius 3 is 2.55 bits per heavy atom. The number of hydrogen-bond donors (Lipinski definition) is 2. The SMILES string of the molecule is CC(C)[C@@H](NC(=O)c1ccccc1)C(=O)C=C1NCCc2cc3c(cc21)OCO3. The lowest BCUT2D eigenvalue weighted by Gasteiger charge is -2.24. The fraction of sp³-hybridized carbons (Fsp3) is 0.304. The van der Waals surface area contributed by atoms with Gasteiger partial charge in [0.05, 0.1) is 6.04 Å². The standard InChI is InChI=1S/C23H24N2O4/c1-14(2)22(25-23(27)15-6-4-3-5-7-15)19(26)12-18-17-11-21-20(28-13-29-21)10-16(17)8-9-24-18/h3-7,10-12,14,22,24H,8-9,13H2,1-2H3,(H,25,27)/t22-/m1/s1. The van der Waals surface area contributed by atoms with Crippen LogP contribution in [0.5, 0.6) is 11.5 Å². The van der Waals surface area contributed by atoms with E-state index in [1.807, 2.05) is 32.0 Å². The van der Waals surface area contributed by atoms with Crippen molar-refractivity contribution in [2.45, 2.75) is 26.3 Å². The number of ketones is 1. The minimum absolute atomic E-state index is 0.0492. The molecule has 4 rings (SSSR count). The molecule has 2 N–H and O–H groups in total. The van der Waals surface area contributed by atoms with Gasteiger partial charge in [0.2, 0.25) is 6.79 Å². The third kappa shape index (κ3) is 3.97. The van der Waals surface area contributed by atoms with Crippen molar-refractivity contribution in [1.82, 2.24) is 10.6 Å². The maximum absolute atomic E-state index is 13.1. The number of carbonyl (C=O) groups is 2. The van der Waals surface area contributed by atoms with Gasteiger partial charge in [-0.05, 0) is 42.2 Å². The third-order valence-electron chi connectivity index (χ3n) is 5.18. The van der Waals surface area contributed by atoms with Crippen molar-refractivity contribution in [3.8, 4) is 11.5 Å². The topological polar surface area (TPSA) is 76.7 Å². The second-order valence-corrected chi connectivity index (χ2v) is 7.56. The Morgan fingerprint density at radius 2 is 1.83 bits per heavy atom. The summed E-state index contributed by atoms with van der Waals surface area (Å²) >= 11 is 0. The van der Waals surface area contributed by atoms with Crippen molar-refractivity contribution in [1.29, 1.82) is 0 Å². The Morgan fingerprint density at radius 1 is 1.10 bits per heavy atom. The van der Waals surface area contributed by atoms with Crippen molar-refractivity contribution in [2.24, 2.45) is 5.92 Å². The summed E-state index contributed by atoms with van der Waals surface area (Å²) in [6, 6.07) is 12.2. The van der Waals surface area contributed by atoms with Crippen LogP contribution < -0.4 is 20.1 Å². The Labute approximate surface area is 169 Å². The molecule has 0 unspecified atom stereocenters. The number of hydrogen-bond acceptors (Lipinski definition) is 5. The van der Waals surface area contributed by atoms with Gasteiger partial charge >= 0.3 is 0 Å². The molecule has 0 spiro atoms. The van der Waals surface area contributed by atoms with Crippen molar-refractivity contribution in [3.05, 3.63) is 65.2 Å². The molecule has 0 saturated heterocycles. The zero-order chi connectivity index (χ0) is 20.4. The smallest absolute Gasteiger partial charge is 0.251 e. The lowest BCUT2D eigenvalue weighted by molar-refractivity contribution is -0.117. The molecule has 1 amide bonds. The summed E-state index contributed by atoms with van der Waals surface area (Å²) in [5, 5.41) is 6.19. The van der Waals surface area contributed by atoms with Gasteiger partial charge < -0.3 is 20.1 Å². The molecule has 0 aliphatic carbocycles. The van der Waals surface area contributed by atoms with Crippen molar-refractivity contribution in [2.75, 3.05) is 13.3 Å². The lowest BCUT2D eigenvalue weighted by atomic mass is 9.93. The van der Waals surface area contributed by atoms with Gasteiger partial charge in [0.15, 0.2) is 17.3 Å². The van der Waals surface area contributed by atoms with Crippen LogP contribution in [0.3, 0.4) is 0 Å². The summed E-state index contributed by atoms with van der Waals surface area (Å²) in [5.41, 5.74) is 3.33. The number of carbonyl (C=O) groups excluding carboxylic acids is 2. The van der Waals surface area contributed by atoms with Crippen LogP contribution >= 0.6 is 0 Å². The maximum atomic E-state index is 13.1. The molecule has 29 heavy (non-hydrogen) atoms. The minimum atomic E-state index is -0.614. The molecule has 2 aromatic rings. The highest BCUT2D eigenvalue weighted by atomic mass is 16.7. The molecule has 150 valence electrons. The van der Waals surface area contributed by atoms with E-state index >= 15 is 0 Å². The molecule has 2 aliphatic heterocycles. The number of fused-ring (bicyclic) bond motifs is 2. The maximum Gasteiger partial charge on any atom is 0.251 e. The average Bonchev–Trinajstić information content (AvgIpc) is 3.18. The Kier molecular flexibility index (Phi) is 5.25. The van der Waals surface area contributed by atoms with Crippen LogP contribution in [0.1, 0.15) is 35.3 Å². The quantitative estimate of drug-likeness (QED) is 0.765. The third-order valence-corrected chi connectivity index (χ3v) is 5.18. The lowest BCUT2D eigenvalue weighted by Crippen LogP contribution is -2.44. The van der Waals surface area contributed by atoms with Gasteiger partial charge in [-0.15, -0.1) is 0 Å². The van der Waals surface area contributed by atoms with E-state index in [1.165, 1.54) is 0 Å². The first-order valence-corrected chi connectivity index (χ1v) is 9.81. The first-order chi connectivity index (χ1) is 14.0. The number of rotatable bonds is 5. The monoisotopic (exact) mass is 392 g/mol. The van der Waals surface area contributed by atoms with Gasteiger partial charge in [0, 0.05) is 29.4 Å². The average molecular weight is 392 g/mol. The van der Waals surface area contributed by atoms with Gasteiger partial charge in [-0.25, -0.2) is 0 Å². The van der Waals surface area contributed by atoms with Gasteiger partial charge in [-0.1, -0.05) is 32.0 Å². The molecule has 2 aliphatic rings. The van der Waals surface area contributed by atoms with E-state index in [-0.39, 0.29) is 24.4 Å². The molecule has 0 aromatic heterocycles. The van der Waals surface area contributed by atoms with E-state index in [2.05, 4.69) is 10.6 Å². The molecule has 2 aromatic carbocycles. The number of nitrogens with one attached hydrogen (secondary N) is 2. The minimum Gasteiger partial charge on any atom is -0.454 e. The highest BCUT2D eigenvalue weighted by Gasteiger charge is 2.26. The number of amides is 1. The van der Waals surface area contributed by atoms with Crippen molar-refractivity contribution in [3.63, 3.8) is 0 Å². The molecule has 0 bridgehead atoms. The predicted octanol–water partition coefficient (Wildman–Crippen LogP) is 2.93. The highest BCUT2D eigenvalue weighted by Crippen LogP contribution is 2.38. The van der Waals surface area contributed by atoms with Crippen LogP contribution in [0.25, 0.3) is 5.70 Å². The Hall–Kier alpha value is -3.28. The number of ether oxygens (including phenoxy) is 2. The van der Waals surface area contributed by atoms with E-state index in [0.717, 1.165) is 35.5 Å². The van der Waals surface area contributed by atoms with Crippen molar-refractivity contribution < 1.29 is 19.1 Å². The van der Waals surface area contributed by atoms with E-state index in [4.69, 9.17) is 9.47 Å². The summed E-state index contributed by atoms with van der Waals surface area (Å²) in [4.78, 5) is 25.6. The molecule has 0 saturated carbocycles. The Balaban J connectivity index is 1.58. The summed E-state index contributed by atoms with van der Waals surface area (Å²) in [6.45, 7) is 4.79. The first kappa shape index (κ1) is 19.1. The number of benzene rings is 2. The summed E-state index contributed by atoms with van der Waals surface area (Å²) in [5.74, 6) is 0.982. The second kappa shape index (κ2) is 7.99. The van der Waals surface area contributed by atoms with Gasteiger partial charge in [0.25, 0.3) is 5.91 Å². The Bertz CT molecular complexity index is 966. The van der Waals surface area contributed by atoms with Gasteiger partial charge in [-0.2, -0.15) is 0 Å². The molecular formula is C23H24N2O4. The first-order valence-electron chi connectivity index (χ1n) is 9.81. The molecule has 0 radical (unpaired) electrons. The zero-order valence-corrected chi connectivity index (χ0v) is 16.5. The molecular weight excluding hydrogens is 368 g/mol. The molecule has 6 heteroatoms. The van der Waals surface area contributed by atoms with Crippen LogP contribution in [0.15, 0.2) is 48.5 Å². The zero-order valence-electron chi connectivity index (χ0n) is 16.5.